The first-order chi connectivity index (χ1) is 10.8. The number of fused-ring (bicyclic) bond motifs is 6. The van der Waals surface area contributed by atoms with E-state index in [-0.39, 0.29) is 0 Å². The summed E-state index contributed by atoms with van der Waals surface area (Å²) in [7, 11) is 0. The van der Waals surface area contributed by atoms with Crippen LogP contribution in [0.4, 0.5) is 0 Å². The minimum Gasteiger partial charge on any atom is -0.330 e. The molecular formula is C21H25N. The highest BCUT2D eigenvalue weighted by molar-refractivity contribution is 5.93. The summed E-state index contributed by atoms with van der Waals surface area (Å²) in [5.41, 5.74) is 8.55. The number of rotatable bonds is 0. The van der Waals surface area contributed by atoms with Crippen LogP contribution in [0.3, 0.4) is 0 Å². The molecular weight excluding hydrogens is 266 g/mol. The van der Waals surface area contributed by atoms with E-state index in [1.54, 1.807) is 11.3 Å². The normalized spacial score (nSPS) is 23.1. The van der Waals surface area contributed by atoms with Gasteiger partial charge in [-0.2, -0.15) is 0 Å². The first-order valence-corrected chi connectivity index (χ1v) is 9.16. The molecule has 2 aromatic rings. The van der Waals surface area contributed by atoms with Crippen LogP contribution in [0.5, 0.6) is 0 Å². The van der Waals surface area contributed by atoms with Gasteiger partial charge in [0.05, 0.1) is 5.54 Å². The van der Waals surface area contributed by atoms with Crippen molar-refractivity contribution < 1.29 is 0 Å². The third-order valence-electron chi connectivity index (χ3n) is 6.55. The van der Waals surface area contributed by atoms with Crippen LogP contribution in [0.1, 0.15) is 69.0 Å². The molecule has 1 aromatic heterocycles. The summed E-state index contributed by atoms with van der Waals surface area (Å²) in [6, 6.07) is 9.12. The molecule has 1 heteroatoms. The first-order valence-electron chi connectivity index (χ1n) is 9.16. The second-order valence-corrected chi connectivity index (χ2v) is 7.58. The van der Waals surface area contributed by atoms with Crippen LogP contribution in [0.25, 0.3) is 16.5 Å². The maximum Gasteiger partial charge on any atom is 0.0669 e. The van der Waals surface area contributed by atoms with Crippen molar-refractivity contribution in [2.24, 2.45) is 0 Å². The van der Waals surface area contributed by atoms with Crippen LogP contribution >= 0.6 is 0 Å². The predicted octanol–water partition coefficient (Wildman–Crippen LogP) is 5.95. The summed E-state index contributed by atoms with van der Waals surface area (Å²) in [5, 5.41) is 1.49. The van der Waals surface area contributed by atoms with Gasteiger partial charge in [0, 0.05) is 16.6 Å². The molecule has 1 aromatic carbocycles. The van der Waals surface area contributed by atoms with E-state index in [1.165, 1.54) is 74.3 Å². The van der Waals surface area contributed by atoms with Crippen molar-refractivity contribution in [3.8, 4) is 0 Å². The summed E-state index contributed by atoms with van der Waals surface area (Å²) >= 11 is 0. The zero-order chi connectivity index (χ0) is 14.7. The van der Waals surface area contributed by atoms with Crippen LogP contribution in [0.2, 0.25) is 0 Å². The van der Waals surface area contributed by atoms with Crippen molar-refractivity contribution >= 4 is 16.5 Å². The lowest BCUT2D eigenvalue weighted by molar-refractivity contribution is 0.247. The van der Waals surface area contributed by atoms with Gasteiger partial charge < -0.3 is 4.57 Å². The zero-order valence-electron chi connectivity index (χ0n) is 13.6. The van der Waals surface area contributed by atoms with E-state index >= 15 is 0 Å². The molecule has 3 aliphatic rings. The van der Waals surface area contributed by atoms with Crippen molar-refractivity contribution in [1.29, 1.82) is 0 Å². The van der Waals surface area contributed by atoms with Crippen LogP contribution in [-0.2, 0) is 5.54 Å². The topological polar surface area (TPSA) is 4.93 Å². The van der Waals surface area contributed by atoms with Crippen LogP contribution in [-0.4, -0.2) is 4.57 Å². The number of para-hydroxylation sites is 1. The monoisotopic (exact) mass is 291 g/mol. The van der Waals surface area contributed by atoms with Gasteiger partial charge in [-0.05, 0) is 68.2 Å². The van der Waals surface area contributed by atoms with Crippen molar-refractivity contribution in [2.75, 3.05) is 0 Å². The lowest BCUT2D eigenvalue weighted by atomic mass is 9.72. The highest BCUT2D eigenvalue weighted by atomic mass is 15.1. The molecule has 114 valence electrons. The second-order valence-electron chi connectivity index (χ2n) is 7.58. The number of nitrogens with zero attached hydrogens (tertiary/aromatic N) is 1. The molecule has 0 radical (unpaired) electrons. The molecule has 0 unspecified atom stereocenters. The lowest BCUT2D eigenvalue weighted by Crippen LogP contribution is -2.35. The number of allylic oxidation sites excluding steroid dienone is 2. The van der Waals surface area contributed by atoms with Gasteiger partial charge in [0.25, 0.3) is 0 Å². The highest BCUT2D eigenvalue weighted by Gasteiger charge is 2.47. The number of aromatic nitrogens is 1. The molecule has 22 heavy (non-hydrogen) atoms. The Morgan fingerprint density at radius 3 is 2.55 bits per heavy atom. The maximum atomic E-state index is 2.80. The van der Waals surface area contributed by atoms with Gasteiger partial charge in [-0.15, -0.1) is 0 Å². The molecule has 1 saturated carbocycles. The molecule has 0 bridgehead atoms. The summed E-state index contributed by atoms with van der Waals surface area (Å²) < 4.78 is 2.80. The van der Waals surface area contributed by atoms with Crippen molar-refractivity contribution in [3.05, 3.63) is 41.1 Å². The van der Waals surface area contributed by atoms with Crippen molar-refractivity contribution in [3.63, 3.8) is 0 Å². The van der Waals surface area contributed by atoms with Gasteiger partial charge in [0.2, 0.25) is 0 Å². The average Bonchev–Trinajstić information content (AvgIpc) is 3.03. The Hall–Kier alpha value is -1.50. The number of benzene rings is 1. The highest BCUT2D eigenvalue weighted by Crippen LogP contribution is 2.56. The summed E-state index contributed by atoms with van der Waals surface area (Å²) in [6.45, 7) is 2.36. The van der Waals surface area contributed by atoms with E-state index in [0.717, 1.165) is 0 Å². The van der Waals surface area contributed by atoms with E-state index in [4.69, 9.17) is 0 Å². The van der Waals surface area contributed by atoms with E-state index in [2.05, 4.69) is 35.8 Å². The first kappa shape index (κ1) is 13.0. The van der Waals surface area contributed by atoms with Crippen molar-refractivity contribution in [1.82, 2.24) is 4.57 Å². The average molecular weight is 291 g/mol. The summed E-state index contributed by atoms with van der Waals surface area (Å²) in [5.74, 6) is 0. The van der Waals surface area contributed by atoms with Gasteiger partial charge in [0.1, 0.15) is 0 Å². The van der Waals surface area contributed by atoms with Gasteiger partial charge >= 0.3 is 0 Å². The Kier molecular flexibility index (Phi) is 2.66. The zero-order valence-corrected chi connectivity index (χ0v) is 13.6. The van der Waals surface area contributed by atoms with Crippen LogP contribution in [0, 0.1) is 6.92 Å². The second kappa shape index (κ2) is 4.50. The Bertz CT molecular complexity index is 784. The Balaban J connectivity index is 1.88. The van der Waals surface area contributed by atoms with E-state index in [9.17, 15) is 0 Å². The molecule has 1 aliphatic heterocycles. The molecule has 1 fully saturated rings. The maximum absolute atomic E-state index is 2.80. The number of hydrogen-bond acceptors (Lipinski definition) is 0. The Labute approximate surface area is 133 Å². The molecule has 0 atom stereocenters. The van der Waals surface area contributed by atoms with E-state index in [0.29, 0.717) is 5.54 Å². The standard InChI is InChI=1S/C21H25N/c1-15-16-9-4-6-12-19(16)22-20(15)17-10-3-5-11-18(17)21(22)13-7-2-8-14-21/h4,6,9,12H,2-3,5,7-8,10-11,13-14H2,1H3. The molecule has 1 nitrogen and oxygen atoms in total. The smallest absolute Gasteiger partial charge is 0.0669 e. The van der Waals surface area contributed by atoms with E-state index in [1.807, 2.05) is 5.57 Å². The van der Waals surface area contributed by atoms with Crippen LogP contribution in [0.15, 0.2) is 29.8 Å². The molecule has 1 spiro atoms. The molecule has 0 amide bonds. The summed E-state index contributed by atoms with van der Waals surface area (Å²) in [6.07, 6.45) is 12.4. The quantitative estimate of drug-likeness (QED) is 0.565. The predicted molar refractivity (Wildman–Crippen MR) is 93.1 cm³/mol. The van der Waals surface area contributed by atoms with Crippen molar-refractivity contribution in [2.45, 2.75) is 70.3 Å². The molecule has 0 N–H and O–H groups in total. The third-order valence-corrected chi connectivity index (χ3v) is 6.55. The van der Waals surface area contributed by atoms with Gasteiger partial charge in [-0.1, -0.05) is 37.5 Å². The lowest BCUT2D eigenvalue weighted by Gasteiger charge is -2.40. The van der Waals surface area contributed by atoms with Gasteiger partial charge in [-0.3, -0.25) is 0 Å². The third kappa shape index (κ3) is 1.45. The summed E-state index contributed by atoms with van der Waals surface area (Å²) in [4.78, 5) is 0. The molecule has 5 rings (SSSR count). The van der Waals surface area contributed by atoms with Gasteiger partial charge in [0.15, 0.2) is 0 Å². The fourth-order valence-electron chi connectivity index (χ4n) is 5.68. The number of hydrogen-bond donors (Lipinski definition) is 0. The fraction of sp³-hybridized carbons (Fsp3) is 0.524. The molecule has 0 saturated heterocycles. The van der Waals surface area contributed by atoms with Crippen LogP contribution < -0.4 is 0 Å². The Morgan fingerprint density at radius 1 is 0.909 bits per heavy atom. The van der Waals surface area contributed by atoms with Gasteiger partial charge in [-0.25, -0.2) is 0 Å². The fourth-order valence-corrected chi connectivity index (χ4v) is 5.68. The minimum atomic E-state index is 0.344. The number of aryl methyl sites for hydroxylation is 1. The van der Waals surface area contributed by atoms with E-state index < -0.39 is 0 Å². The largest absolute Gasteiger partial charge is 0.330 e. The molecule has 2 aliphatic carbocycles. The minimum absolute atomic E-state index is 0.344. The SMILES string of the molecule is Cc1c2n(c3ccccc13)C1(CCCCC1)C1=C2CCCC1. The Morgan fingerprint density at radius 2 is 1.68 bits per heavy atom. The molecule has 2 heterocycles.